The van der Waals surface area contributed by atoms with Crippen molar-refractivity contribution in [3.63, 3.8) is 0 Å². The van der Waals surface area contributed by atoms with Gasteiger partial charge in [-0.3, -0.25) is 0 Å². The van der Waals surface area contributed by atoms with E-state index < -0.39 is 0 Å². The first-order chi connectivity index (χ1) is 7.54. The van der Waals surface area contributed by atoms with Crippen LogP contribution in [0.15, 0.2) is 18.7 Å². The van der Waals surface area contributed by atoms with Crippen molar-refractivity contribution >= 4 is 52.4 Å². The molecule has 0 fully saturated rings. The number of hydrogen-bond acceptors (Lipinski definition) is 1. The van der Waals surface area contributed by atoms with E-state index >= 15 is 0 Å². The van der Waals surface area contributed by atoms with E-state index in [1.165, 1.54) is 0 Å². The molecule has 0 spiro atoms. The molecule has 0 bridgehead atoms. The van der Waals surface area contributed by atoms with E-state index in [-0.39, 0.29) is 0 Å². The molecule has 0 aliphatic rings. The number of rotatable bonds is 1. The monoisotopic (exact) mass is 269 g/mol. The summed E-state index contributed by atoms with van der Waals surface area (Å²) in [7, 11) is 0. The van der Waals surface area contributed by atoms with Crippen molar-refractivity contribution < 1.29 is 0 Å². The van der Waals surface area contributed by atoms with Gasteiger partial charge in [-0.05, 0) is 24.6 Å². The largest absolute Gasteiger partial charge is 0.346 e. The van der Waals surface area contributed by atoms with E-state index in [1.807, 2.05) is 13.0 Å². The lowest BCUT2D eigenvalue weighted by Gasteiger charge is -2.08. The minimum absolute atomic E-state index is 0.519. The van der Waals surface area contributed by atoms with Crippen molar-refractivity contribution in [2.24, 2.45) is 0 Å². The Balaban J connectivity index is 2.99. The highest BCUT2D eigenvalue weighted by molar-refractivity contribution is 7.71. The molecule has 0 atom stereocenters. The summed E-state index contributed by atoms with van der Waals surface area (Å²) in [5, 5.41) is 2.07. The first-order valence-electron chi connectivity index (χ1n) is 4.68. The molecule has 1 N–H and O–H groups in total. The molecule has 0 saturated carbocycles. The maximum absolute atomic E-state index is 6.00. The lowest BCUT2D eigenvalue weighted by molar-refractivity contribution is 1.32. The van der Waals surface area contributed by atoms with Crippen LogP contribution in [0, 0.1) is 11.6 Å². The third-order valence-electron chi connectivity index (χ3n) is 2.57. The van der Waals surface area contributed by atoms with Gasteiger partial charge in [-0.15, -0.1) is 0 Å². The van der Waals surface area contributed by atoms with Gasteiger partial charge in [0.25, 0.3) is 0 Å². The molecular weight excluding hydrogens is 261 g/mol. The summed E-state index contributed by atoms with van der Waals surface area (Å²) in [6, 6.07) is 3.63. The molecule has 0 aliphatic carbocycles. The predicted octanol–water partition coefficient (Wildman–Crippen LogP) is 5.16. The van der Waals surface area contributed by atoms with Crippen LogP contribution in [-0.2, 0) is 0 Å². The van der Waals surface area contributed by atoms with Crippen LogP contribution in [0.1, 0.15) is 11.1 Å². The number of halogens is 2. The minimum atomic E-state index is 0.519. The molecule has 16 heavy (non-hydrogen) atoms. The van der Waals surface area contributed by atoms with Crippen LogP contribution < -0.4 is 0 Å². The summed E-state index contributed by atoms with van der Waals surface area (Å²) in [6.45, 7) is 5.75. The van der Waals surface area contributed by atoms with Crippen LogP contribution in [0.3, 0.4) is 0 Å². The fraction of sp³-hybridized carbons (Fsp3) is 0.0833. The Morgan fingerprint density at radius 3 is 2.56 bits per heavy atom. The lowest BCUT2D eigenvalue weighted by atomic mass is 10.1. The minimum Gasteiger partial charge on any atom is -0.346 e. The SMILES string of the molecule is C=Cc1c(C)c2cc(Cl)c(Cl)cc2[nH]c1=S. The topological polar surface area (TPSA) is 15.8 Å². The molecule has 4 heteroatoms. The first kappa shape index (κ1) is 11.6. The number of aromatic nitrogens is 1. The van der Waals surface area contributed by atoms with Gasteiger partial charge in [0.2, 0.25) is 0 Å². The van der Waals surface area contributed by atoms with Crippen LogP contribution in [0.25, 0.3) is 17.0 Å². The molecule has 1 heterocycles. The fourth-order valence-corrected chi connectivity index (χ4v) is 2.39. The molecule has 82 valence electrons. The zero-order chi connectivity index (χ0) is 11.9. The van der Waals surface area contributed by atoms with Gasteiger partial charge in [0.1, 0.15) is 4.64 Å². The number of benzene rings is 1. The normalized spacial score (nSPS) is 10.7. The van der Waals surface area contributed by atoms with Crippen LogP contribution in [0.2, 0.25) is 10.0 Å². The molecule has 2 rings (SSSR count). The molecular formula is C12H9Cl2NS. The highest BCUT2D eigenvalue weighted by Crippen LogP contribution is 2.30. The second kappa shape index (κ2) is 4.21. The first-order valence-corrected chi connectivity index (χ1v) is 5.85. The van der Waals surface area contributed by atoms with Crippen molar-refractivity contribution in [2.45, 2.75) is 6.92 Å². The highest BCUT2D eigenvalue weighted by Gasteiger charge is 2.07. The lowest BCUT2D eigenvalue weighted by Crippen LogP contribution is -1.90. The molecule has 0 saturated heterocycles. The molecule has 0 amide bonds. The van der Waals surface area contributed by atoms with Crippen LogP contribution >= 0.6 is 35.4 Å². The number of fused-ring (bicyclic) bond motifs is 1. The molecule has 0 radical (unpaired) electrons. The summed E-state index contributed by atoms with van der Waals surface area (Å²) in [5.74, 6) is 0. The quantitative estimate of drug-likeness (QED) is 0.708. The van der Waals surface area contributed by atoms with E-state index in [0.717, 1.165) is 22.0 Å². The van der Waals surface area contributed by atoms with Crippen molar-refractivity contribution in [3.05, 3.63) is 44.5 Å². The summed E-state index contributed by atoms with van der Waals surface area (Å²) in [5.41, 5.74) is 2.88. The Kier molecular flexibility index (Phi) is 3.06. The molecule has 1 aromatic carbocycles. The fourth-order valence-electron chi connectivity index (χ4n) is 1.71. The zero-order valence-corrected chi connectivity index (χ0v) is 10.9. The maximum atomic E-state index is 6.00. The number of nitrogens with one attached hydrogen (secondary N) is 1. The number of pyridine rings is 1. The van der Waals surface area contributed by atoms with Gasteiger partial charge in [-0.1, -0.05) is 48.1 Å². The van der Waals surface area contributed by atoms with E-state index in [1.54, 1.807) is 12.1 Å². The van der Waals surface area contributed by atoms with Gasteiger partial charge in [0.15, 0.2) is 0 Å². The molecule has 1 nitrogen and oxygen atoms in total. The Morgan fingerprint density at radius 2 is 1.94 bits per heavy atom. The Hall–Kier alpha value is -0.830. The van der Waals surface area contributed by atoms with Crippen LogP contribution in [0.5, 0.6) is 0 Å². The summed E-state index contributed by atoms with van der Waals surface area (Å²) in [6.07, 6.45) is 1.75. The summed E-state index contributed by atoms with van der Waals surface area (Å²) < 4.78 is 0.665. The number of aromatic amines is 1. The molecule has 0 unspecified atom stereocenters. The second-order valence-corrected chi connectivity index (χ2v) is 4.73. The van der Waals surface area contributed by atoms with Gasteiger partial charge in [-0.2, -0.15) is 0 Å². The van der Waals surface area contributed by atoms with Gasteiger partial charge in [0, 0.05) is 16.5 Å². The summed E-state index contributed by atoms with van der Waals surface area (Å²) in [4.78, 5) is 3.12. The van der Waals surface area contributed by atoms with E-state index in [4.69, 9.17) is 35.4 Å². The molecule has 2 aromatic rings. The van der Waals surface area contributed by atoms with Gasteiger partial charge in [-0.25, -0.2) is 0 Å². The number of H-pyrrole nitrogens is 1. The van der Waals surface area contributed by atoms with Crippen molar-refractivity contribution in [3.8, 4) is 0 Å². The number of hydrogen-bond donors (Lipinski definition) is 1. The Bertz CT molecular complexity index is 643. The van der Waals surface area contributed by atoms with Crippen LogP contribution in [-0.4, -0.2) is 4.98 Å². The average Bonchev–Trinajstić information content (AvgIpc) is 2.22. The van der Waals surface area contributed by atoms with E-state index in [2.05, 4.69) is 11.6 Å². The average molecular weight is 270 g/mol. The maximum Gasteiger partial charge on any atom is 0.111 e. The van der Waals surface area contributed by atoms with Gasteiger partial charge >= 0.3 is 0 Å². The second-order valence-electron chi connectivity index (χ2n) is 3.51. The van der Waals surface area contributed by atoms with Crippen molar-refractivity contribution in [2.75, 3.05) is 0 Å². The van der Waals surface area contributed by atoms with Crippen molar-refractivity contribution in [1.29, 1.82) is 0 Å². The smallest absolute Gasteiger partial charge is 0.111 e. The Labute approximate surface area is 109 Å². The van der Waals surface area contributed by atoms with Gasteiger partial charge in [0.05, 0.1) is 10.0 Å². The highest BCUT2D eigenvalue weighted by atomic mass is 35.5. The number of aryl methyl sites for hydroxylation is 1. The Morgan fingerprint density at radius 1 is 1.31 bits per heavy atom. The summed E-state index contributed by atoms with van der Waals surface area (Å²) >= 11 is 17.2. The van der Waals surface area contributed by atoms with Crippen molar-refractivity contribution in [1.82, 2.24) is 4.98 Å². The third-order valence-corrected chi connectivity index (χ3v) is 3.61. The van der Waals surface area contributed by atoms with Gasteiger partial charge < -0.3 is 4.98 Å². The molecule has 1 aromatic heterocycles. The molecule has 0 aliphatic heterocycles. The predicted molar refractivity (Wildman–Crippen MR) is 74.0 cm³/mol. The van der Waals surface area contributed by atoms with E-state index in [9.17, 15) is 0 Å². The zero-order valence-electron chi connectivity index (χ0n) is 8.60. The van der Waals surface area contributed by atoms with Crippen LogP contribution in [0.4, 0.5) is 0 Å². The van der Waals surface area contributed by atoms with E-state index in [0.29, 0.717) is 14.7 Å². The standard InChI is InChI=1S/C12H9Cl2NS/c1-3-7-6(2)8-4-9(13)10(14)5-11(8)15-12(7)16/h3-5H,1H2,2H3,(H,15,16). The third kappa shape index (κ3) is 1.77.